The minimum Gasteiger partial charge on any atom is -0.349 e. The summed E-state index contributed by atoms with van der Waals surface area (Å²) in [5, 5.41) is 5.20. The van der Waals surface area contributed by atoms with E-state index in [1.54, 1.807) is 12.1 Å². The fourth-order valence-electron chi connectivity index (χ4n) is 2.40. The summed E-state index contributed by atoms with van der Waals surface area (Å²) in [5.41, 5.74) is -1.13. The minimum absolute atomic E-state index is 0.127. The third-order valence-electron chi connectivity index (χ3n) is 3.81. The van der Waals surface area contributed by atoms with Crippen molar-refractivity contribution in [2.24, 2.45) is 0 Å². The zero-order valence-electron chi connectivity index (χ0n) is 13.1. The molecule has 1 aliphatic carbocycles. The number of hydrogen-bond donors (Lipinski definition) is 2. The highest BCUT2D eigenvalue weighted by Gasteiger charge is 2.35. The lowest BCUT2D eigenvalue weighted by molar-refractivity contribution is -0.137. The lowest BCUT2D eigenvalue weighted by Crippen LogP contribution is -2.27. The number of hydrogen-bond acceptors (Lipinski definition) is 2. The van der Waals surface area contributed by atoms with Crippen molar-refractivity contribution in [1.29, 1.82) is 0 Å². The van der Waals surface area contributed by atoms with Gasteiger partial charge in [-0.25, -0.2) is 0 Å². The van der Waals surface area contributed by atoms with E-state index in [-0.39, 0.29) is 23.2 Å². The van der Waals surface area contributed by atoms with E-state index < -0.39 is 23.2 Å². The number of benzene rings is 2. The predicted octanol–water partition coefficient (Wildman–Crippen LogP) is 3.85. The largest absolute Gasteiger partial charge is 0.417 e. The number of para-hydroxylation sites is 1. The van der Waals surface area contributed by atoms with Crippen LogP contribution in [0, 0.1) is 0 Å². The average molecular weight is 348 g/mol. The van der Waals surface area contributed by atoms with Crippen molar-refractivity contribution in [1.82, 2.24) is 5.32 Å². The van der Waals surface area contributed by atoms with E-state index in [0.29, 0.717) is 0 Å². The summed E-state index contributed by atoms with van der Waals surface area (Å²) in [4.78, 5) is 24.6. The number of nitrogens with one attached hydrogen (secondary N) is 2. The topological polar surface area (TPSA) is 58.2 Å². The second kappa shape index (κ2) is 6.58. The number of alkyl halides is 3. The molecule has 0 radical (unpaired) electrons. The molecular weight excluding hydrogens is 333 g/mol. The molecule has 1 fully saturated rings. The molecule has 3 rings (SSSR count). The Morgan fingerprint density at radius 2 is 1.48 bits per heavy atom. The monoisotopic (exact) mass is 348 g/mol. The van der Waals surface area contributed by atoms with Crippen LogP contribution in [0.25, 0.3) is 0 Å². The van der Waals surface area contributed by atoms with Crippen molar-refractivity contribution in [3.8, 4) is 0 Å². The van der Waals surface area contributed by atoms with Crippen LogP contribution < -0.4 is 10.6 Å². The lowest BCUT2D eigenvalue weighted by Gasteiger charge is -2.14. The maximum Gasteiger partial charge on any atom is 0.417 e. The molecule has 0 saturated heterocycles. The van der Waals surface area contributed by atoms with E-state index in [4.69, 9.17) is 0 Å². The molecule has 1 aliphatic rings. The van der Waals surface area contributed by atoms with Crippen molar-refractivity contribution in [3.05, 3.63) is 65.2 Å². The molecule has 0 unspecified atom stereocenters. The van der Waals surface area contributed by atoms with Crippen LogP contribution in [-0.2, 0) is 6.18 Å². The van der Waals surface area contributed by atoms with E-state index in [0.717, 1.165) is 25.0 Å². The number of carbonyl (C=O) groups is 2. The van der Waals surface area contributed by atoms with Crippen molar-refractivity contribution >= 4 is 17.5 Å². The standard InChI is InChI=1S/C18H15F3N2O2/c19-18(20,21)14-7-3-1-5-12(14)16(24)23-15-8-4-2-6-13(15)17(25)22-11-9-10-11/h1-8,11H,9-10H2,(H,22,25)(H,23,24). The van der Waals surface area contributed by atoms with E-state index in [1.165, 1.54) is 24.3 Å². The fraction of sp³-hybridized carbons (Fsp3) is 0.222. The van der Waals surface area contributed by atoms with Gasteiger partial charge in [0.1, 0.15) is 0 Å². The average Bonchev–Trinajstić information content (AvgIpc) is 3.38. The summed E-state index contributed by atoms with van der Waals surface area (Å²) in [6, 6.07) is 10.9. The summed E-state index contributed by atoms with van der Waals surface area (Å²) < 4.78 is 39.2. The molecule has 0 aliphatic heterocycles. The van der Waals surface area contributed by atoms with Crippen LogP contribution in [0.2, 0.25) is 0 Å². The van der Waals surface area contributed by atoms with Gasteiger partial charge < -0.3 is 10.6 Å². The highest BCUT2D eigenvalue weighted by atomic mass is 19.4. The van der Waals surface area contributed by atoms with Gasteiger partial charge in [0.2, 0.25) is 0 Å². The first kappa shape index (κ1) is 17.0. The Balaban J connectivity index is 1.86. The molecule has 7 heteroatoms. The van der Waals surface area contributed by atoms with E-state index in [1.807, 2.05) is 0 Å². The Labute approximate surface area is 142 Å². The summed E-state index contributed by atoms with van der Waals surface area (Å²) in [6.45, 7) is 0. The van der Waals surface area contributed by atoms with E-state index in [9.17, 15) is 22.8 Å². The van der Waals surface area contributed by atoms with Gasteiger partial charge in [-0.2, -0.15) is 13.2 Å². The second-order valence-corrected chi connectivity index (χ2v) is 5.79. The van der Waals surface area contributed by atoms with Crippen molar-refractivity contribution in [2.75, 3.05) is 5.32 Å². The number of carbonyl (C=O) groups excluding carboxylic acids is 2. The van der Waals surface area contributed by atoms with Crippen LogP contribution in [0.15, 0.2) is 48.5 Å². The summed E-state index contributed by atoms with van der Waals surface area (Å²) >= 11 is 0. The number of rotatable bonds is 4. The van der Waals surface area contributed by atoms with Crippen molar-refractivity contribution < 1.29 is 22.8 Å². The molecule has 0 atom stereocenters. The van der Waals surface area contributed by atoms with Gasteiger partial charge in [0.25, 0.3) is 11.8 Å². The molecule has 130 valence electrons. The Hall–Kier alpha value is -2.83. The molecule has 1 saturated carbocycles. The van der Waals surface area contributed by atoms with E-state index >= 15 is 0 Å². The molecule has 25 heavy (non-hydrogen) atoms. The molecular formula is C18H15F3N2O2. The van der Waals surface area contributed by atoms with Crippen LogP contribution >= 0.6 is 0 Å². The van der Waals surface area contributed by atoms with Crippen LogP contribution in [0.3, 0.4) is 0 Å². The van der Waals surface area contributed by atoms with Gasteiger partial charge in [-0.3, -0.25) is 9.59 Å². The SMILES string of the molecule is O=C(NC1CC1)c1ccccc1NC(=O)c1ccccc1C(F)(F)F. The summed E-state index contributed by atoms with van der Waals surface area (Å²) in [5.74, 6) is -1.28. The highest BCUT2D eigenvalue weighted by Crippen LogP contribution is 2.32. The maximum atomic E-state index is 13.1. The minimum atomic E-state index is -4.64. The number of amides is 2. The van der Waals surface area contributed by atoms with Gasteiger partial charge in [-0.15, -0.1) is 0 Å². The first-order chi connectivity index (χ1) is 11.9. The first-order valence-electron chi connectivity index (χ1n) is 7.74. The van der Waals surface area contributed by atoms with Crippen LogP contribution in [-0.4, -0.2) is 17.9 Å². The Kier molecular flexibility index (Phi) is 4.48. The molecule has 2 aromatic carbocycles. The lowest BCUT2D eigenvalue weighted by atomic mass is 10.1. The zero-order chi connectivity index (χ0) is 18.0. The molecule has 0 aromatic heterocycles. The second-order valence-electron chi connectivity index (χ2n) is 5.79. The smallest absolute Gasteiger partial charge is 0.349 e. The van der Waals surface area contributed by atoms with Crippen LogP contribution in [0.1, 0.15) is 39.1 Å². The zero-order valence-corrected chi connectivity index (χ0v) is 13.1. The number of anilines is 1. The maximum absolute atomic E-state index is 13.1. The van der Waals surface area contributed by atoms with Crippen molar-refractivity contribution in [3.63, 3.8) is 0 Å². The van der Waals surface area contributed by atoms with Gasteiger partial charge in [-0.05, 0) is 37.1 Å². The van der Waals surface area contributed by atoms with Gasteiger partial charge >= 0.3 is 6.18 Å². The van der Waals surface area contributed by atoms with Gasteiger partial charge in [0, 0.05) is 6.04 Å². The molecule has 0 heterocycles. The third kappa shape index (κ3) is 3.99. The molecule has 2 amide bonds. The van der Waals surface area contributed by atoms with Gasteiger partial charge in [0.05, 0.1) is 22.4 Å². The number of halogens is 3. The fourth-order valence-corrected chi connectivity index (χ4v) is 2.40. The van der Waals surface area contributed by atoms with Gasteiger partial charge in [-0.1, -0.05) is 24.3 Å². The molecule has 0 spiro atoms. The quantitative estimate of drug-likeness (QED) is 0.882. The predicted molar refractivity (Wildman–Crippen MR) is 86.3 cm³/mol. The Morgan fingerprint density at radius 1 is 0.880 bits per heavy atom. The van der Waals surface area contributed by atoms with Crippen molar-refractivity contribution in [2.45, 2.75) is 25.1 Å². The first-order valence-corrected chi connectivity index (χ1v) is 7.74. The molecule has 4 nitrogen and oxygen atoms in total. The molecule has 2 aromatic rings. The summed E-state index contributed by atoms with van der Waals surface area (Å²) in [6.07, 6.45) is -2.84. The Bertz CT molecular complexity index is 814. The third-order valence-corrected chi connectivity index (χ3v) is 3.81. The molecule has 2 N–H and O–H groups in total. The van der Waals surface area contributed by atoms with Crippen LogP contribution in [0.5, 0.6) is 0 Å². The Morgan fingerprint density at radius 3 is 2.12 bits per heavy atom. The normalized spacial score (nSPS) is 14.0. The van der Waals surface area contributed by atoms with Gasteiger partial charge in [0.15, 0.2) is 0 Å². The molecule has 0 bridgehead atoms. The van der Waals surface area contributed by atoms with Crippen LogP contribution in [0.4, 0.5) is 18.9 Å². The highest BCUT2D eigenvalue weighted by molar-refractivity contribution is 6.09. The van der Waals surface area contributed by atoms with E-state index in [2.05, 4.69) is 10.6 Å². The summed E-state index contributed by atoms with van der Waals surface area (Å²) in [7, 11) is 0.